The Morgan fingerprint density at radius 3 is 2.65 bits per heavy atom. The number of ketones is 1. The first-order valence-corrected chi connectivity index (χ1v) is 11.8. The van der Waals surface area contributed by atoms with Crippen molar-refractivity contribution in [1.82, 2.24) is 14.7 Å². The van der Waals surface area contributed by atoms with E-state index in [2.05, 4.69) is 12.0 Å². The van der Waals surface area contributed by atoms with Gasteiger partial charge in [0.25, 0.3) is 5.91 Å². The molecule has 7 heteroatoms. The molecule has 178 valence electrons. The van der Waals surface area contributed by atoms with Gasteiger partial charge in [-0.15, -0.1) is 0 Å². The van der Waals surface area contributed by atoms with Gasteiger partial charge in [0.1, 0.15) is 18.5 Å². The number of rotatable bonds is 8. The van der Waals surface area contributed by atoms with Crippen molar-refractivity contribution in [2.24, 2.45) is 0 Å². The van der Waals surface area contributed by atoms with Crippen LogP contribution in [0.1, 0.15) is 52.2 Å². The largest absolute Gasteiger partial charge is 0.491 e. The lowest BCUT2D eigenvalue weighted by Crippen LogP contribution is -2.47. The van der Waals surface area contributed by atoms with E-state index in [9.17, 15) is 9.59 Å². The van der Waals surface area contributed by atoms with Crippen LogP contribution in [0.2, 0.25) is 0 Å². The first-order valence-electron chi connectivity index (χ1n) is 11.8. The van der Waals surface area contributed by atoms with Crippen molar-refractivity contribution in [2.75, 3.05) is 26.3 Å². The van der Waals surface area contributed by atoms with Crippen LogP contribution in [0.4, 0.5) is 0 Å². The summed E-state index contributed by atoms with van der Waals surface area (Å²) in [5.41, 5.74) is 4.09. The highest BCUT2D eigenvalue weighted by atomic mass is 16.5. The van der Waals surface area contributed by atoms with Gasteiger partial charge in [-0.3, -0.25) is 9.59 Å². The molecule has 0 spiro atoms. The van der Waals surface area contributed by atoms with Gasteiger partial charge in [-0.2, -0.15) is 5.10 Å². The van der Waals surface area contributed by atoms with E-state index in [1.165, 1.54) is 0 Å². The summed E-state index contributed by atoms with van der Waals surface area (Å²) in [6.45, 7) is 7.31. The Bertz CT molecular complexity index is 1160. The number of morpholine rings is 1. The minimum Gasteiger partial charge on any atom is -0.491 e. The number of benzene rings is 2. The summed E-state index contributed by atoms with van der Waals surface area (Å²) in [4.78, 5) is 26.9. The number of ether oxygens (including phenoxy) is 2. The predicted molar refractivity (Wildman–Crippen MR) is 130 cm³/mol. The Kier molecular flexibility index (Phi) is 7.43. The number of aromatic nitrogens is 2. The molecule has 1 aromatic heterocycles. The average Bonchev–Trinajstić information content (AvgIpc) is 3.26. The minimum atomic E-state index is -0.232. The molecule has 1 unspecified atom stereocenters. The number of Topliss-reactive ketones (excluding diaryl/α,β-unsaturated/α-hetero) is 1. The molecule has 1 fully saturated rings. The molecule has 34 heavy (non-hydrogen) atoms. The highest BCUT2D eigenvalue weighted by Crippen LogP contribution is 2.21. The van der Waals surface area contributed by atoms with Crippen LogP contribution in [-0.2, 0) is 11.2 Å². The highest BCUT2D eigenvalue weighted by Gasteiger charge is 2.28. The molecular formula is C27H31N3O4. The number of amides is 1. The van der Waals surface area contributed by atoms with Crippen molar-refractivity contribution in [1.29, 1.82) is 0 Å². The molecule has 1 aliphatic heterocycles. The smallest absolute Gasteiger partial charge is 0.257 e. The zero-order chi connectivity index (χ0) is 24.1. The molecule has 1 aliphatic rings. The number of nitrogens with zero attached hydrogens (tertiary/aromatic N) is 3. The molecule has 0 N–H and O–H groups in total. The summed E-state index contributed by atoms with van der Waals surface area (Å²) in [6, 6.07) is 15.3. The Morgan fingerprint density at radius 1 is 1.15 bits per heavy atom. The first-order chi connectivity index (χ1) is 16.5. The van der Waals surface area contributed by atoms with E-state index in [-0.39, 0.29) is 17.8 Å². The van der Waals surface area contributed by atoms with Gasteiger partial charge < -0.3 is 14.4 Å². The lowest BCUT2D eigenvalue weighted by Gasteiger charge is -2.33. The van der Waals surface area contributed by atoms with Gasteiger partial charge in [0.05, 0.1) is 36.3 Å². The molecule has 1 atom stereocenters. The quantitative estimate of drug-likeness (QED) is 0.469. The zero-order valence-electron chi connectivity index (χ0n) is 20.0. The molecule has 0 saturated carbocycles. The van der Waals surface area contributed by atoms with E-state index >= 15 is 0 Å². The Morgan fingerprint density at radius 2 is 1.94 bits per heavy atom. The fraction of sp³-hybridized carbons (Fsp3) is 0.370. The summed E-state index contributed by atoms with van der Waals surface area (Å²) in [5.74, 6) is 0.691. The molecule has 7 nitrogen and oxygen atoms in total. The zero-order valence-corrected chi connectivity index (χ0v) is 20.0. The molecule has 3 aromatic rings. The molecule has 2 heterocycles. The summed E-state index contributed by atoms with van der Waals surface area (Å²) >= 11 is 0. The maximum Gasteiger partial charge on any atom is 0.257 e. The summed E-state index contributed by atoms with van der Waals surface area (Å²) in [7, 11) is 0. The number of aryl methyl sites for hydroxylation is 1. The topological polar surface area (TPSA) is 73.7 Å². The van der Waals surface area contributed by atoms with Gasteiger partial charge in [0.15, 0.2) is 5.78 Å². The van der Waals surface area contributed by atoms with E-state index in [1.807, 2.05) is 52.9 Å². The SMILES string of the molecule is CCCc1c(C(=O)N2CCOC(COc3ccc(C(C)=O)c(C)c3)C2)cnn1-c1ccccc1. The standard InChI is InChI=1S/C27H31N3O4/c1-4-8-26-25(16-28-30(26)21-9-6-5-7-10-21)27(32)29-13-14-33-23(17-29)18-34-22-11-12-24(20(3)31)19(2)15-22/h5-7,9-12,15-16,23H,4,8,13-14,17-18H2,1-3H3. The second-order valence-corrected chi connectivity index (χ2v) is 8.59. The summed E-state index contributed by atoms with van der Waals surface area (Å²) in [5, 5.41) is 4.53. The number of hydrogen-bond acceptors (Lipinski definition) is 5. The van der Waals surface area contributed by atoms with Crippen molar-refractivity contribution in [2.45, 2.75) is 39.7 Å². The minimum absolute atomic E-state index is 0.0272. The summed E-state index contributed by atoms with van der Waals surface area (Å²) in [6.07, 6.45) is 3.13. The maximum atomic E-state index is 13.5. The van der Waals surface area contributed by atoms with Crippen molar-refractivity contribution >= 4 is 11.7 Å². The highest BCUT2D eigenvalue weighted by molar-refractivity contribution is 5.96. The molecule has 1 saturated heterocycles. The van der Waals surface area contributed by atoms with Crippen LogP contribution in [-0.4, -0.2) is 58.8 Å². The number of hydrogen-bond donors (Lipinski definition) is 0. The van der Waals surface area contributed by atoms with Crippen LogP contribution in [0, 0.1) is 6.92 Å². The van der Waals surface area contributed by atoms with Crippen LogP contribution < -0.4 is 4.74 Å². The summed E-state index contributed by atoms with van der Waals surface area (Å²) < 4.78 is 13.7. The van der Waals surface area contributed by atoms with Crippen molar-refractivity contribution in [3.05, 3.63) is 77.1 Å². The predicted octanol–water partition coefficient (Wildman–Crippen LogP) is 4.26. The second kappa shape index (κ2) is 10.7. The molecule has 0 radical (unpaired) electrons. The number of carbonyl (C=O) groups excluding carboxylic acids is 2. The van der Waals surface area contributed by atoms with Gasteiger partial charge >= 0.3 is 0 Å². The fourth-order valence-electron chi connectivity index (χ4n) is 4.31. The van der Waals surface area contributed by atoms with Crippen LogP contribution in [0.5, 0.6) is 5.75 Å². The second-order valence-electron chi connectivity index (χ2n) is 8.59. The normalized spacial score (nSPS) is 15.9. The van der Waals surface area contributed by atoms with Gasteiger partial charge in [0.2, 0.25) is 0 Å². The van der Waals surface area contributed by atoms with E-state index < -0.39 is 0 Å². The van der Waals surface area contributed by atoms with Crippen molar-refractivity contribution in [3.63, 3.8) is 0 Å². The van der Waals surface area contributed by atoms with Gasteiger partial charge in [-0.1, -0.05) is 31.5 Å². The molecular weight excluding hydrogens is 430 g/mol. The Balaban J connectivity index is 1.44. The van der Waals surface area contributed by atoms with Crippen molar-refractivity contribution < 1.29 is 19.1 Å². The number of para-hydroxylation sites is 1. The number of carbonyl (C=O) groups is 2. The molecule has 0 aliphatic carbocycles. The van der Waals surface area contributed by atoms with Crippen LogP contribution >= 0.6 is 0 Å². The molecule has 0 bridgehead atoms. The molecule has 2 aromatic carbocycles. The average molecular weight is 462 g/mol. The fourth-order valence-corrected chi connectivity index (χ4v) is 4.31. The van der Waals surface area contributed by atoms with E-state index in [1.54, 1.807) is 25.3 Å². The third-order valence-corrected chi connectivity index (χ3v) is 6.03. The van der Waals surface area contributed by atoms with Crippen molar-refractivity contribution in [3.8, 4) is 11.4 Å². The Labute approximate surface area is 200 Å². The third-order valence-electron chi connectivity index (χ3n) is 6.03. The van der Waals surface area contributed by atoms with Crippen LogP contribution in [0.25, 0.3) is 5.69 Å². The van der Waals surface area contributed by atoms with E-state index in [4.69, 9.17) is 9.47 Å². The monoisotopic (exact) mass is 461 g/mol. The lowest BCUT2D eigenvalue weighted by atomic mass is 10.1. The van der Waals surface area contributed by atoms with Gasteiger partial charge in [-0.25, -0.2) is 4.68 Å². The lowest BCUT2D eigenvalue weighted by molar-refractivity contribution is -0.0401. The maximum absolute atomic E-state index is 13.5. The van der Waals surface area contributed by atoms with Gasteiger partial charge in [-0.05, 0) is 56.2 Å². The molecule has 1 amide bonds. The van der Waals surface area contributed by atoms with Crippen LogP contribution in [0.15, 0.2) is 54.7 Å². The first kappa shape index (κ1) is 23.7. The third kappa shape index (κ3) is 5.20. The molecule has 4 rings (SSSR count). The Hall–Kier alpha value is -3.45. The van der Waals surface area contributed by atoms with E-state index in [0.717, 1.165) is 29.8 Å². The van der Waals surface area contributed by atoms with E-state index in [0.29, 0.717) is 43.2 Å². The van der Waals surface area contributed by atoms with Crippen LogP contribution in [0.3, 0.4) is 0 Å². The van der Waals surface area contributed by atoms with Gasteiger partial charge in [0, 0.05) is 12.1 Å².